The minimum atomic E-state index is -1.49. The van der Waals surface area contributed by atoms with Crippen LogP contribution in [0.15, 0.2) is 29.2 Å². The maximum Gasteiger partial charge on any atom is 0.332 e. The molecule has 0 fully saturated rings. The zero-order valence-electron chi connectivity index (χ0n) is 10.6. The number of carbonyl (C=O) groups is 2. The van der Waals surface area contributed by atoms with Gasteiger partial charge < -0.3 is 15.5 Å². The van der Waals surface area contributed by atoms with Crippen LogP contribution < -0.4 is 5.32 Å². The van der Waals surface area contributed by atoms with E-state index in [0.717, 1.165) is 0 Å². The van der Waals surface area contributed by atoms with Crippen LogP contribution in [-0.4, -0.2) is 40.5 Å². The molecule has 1 amide bonds. The van der Waals surface area contributed by atoms with Gasteiger partial charge in [0.25, 0.3) is 5.91 Å². The third kappa shape index (κ3) is 4.91. The summed E-state index contributed by atoms with van der Waals surface area (Å²) in [5.74, 6) is -1.44. The Morgan fingerprint density at radius 1 is 1.40 bits per heavy atom. The summed E-state index contributed by atoms with van der Waals surface area (Å²) in [5, 5.41) is 28.7. The third-order valence-corrected chi connectivity index (χ3v) is 3.35. The van der Waals surface area contributed by atoms with E-state index in [9.17, 15) is 9.59 Å². The number of aliphatic carboxylic acids is 1. The molecule has 0 aliphatic carbocycles. The van der Waals surface area contributed by atoms with Crippen molar-refractivity contribution in [1.82, 2.24) is 5.32 Å². The van der Waals surface area contributed by atoms with Gasteiger partial charge >= 0.3 is 5.97 Å². The number of hydrogen-bond donors (Lipinski definition) is 3. The van der Waals surface area contributed by atoms with E-state index in [1.54, 1.807) is 24.3 Å². The topological polar surface area (TPSA) is 110 Å². The molecule has 3 N–H and O–H groups in total. The highest BCUT2D eigenvalue weighted by atomic mass is 32.2. The van der Waals surface area contributed by atoms with Crippen LogP contribution in [0.2, 0.25) is 0 Å². The summed E-state index contributed by atoms with van der Waals surface area (Å²) in [7, 11) is 0. The van der Waals surface area contributed by atoms with E-state index in [0.29, 0.717) is 10.5 Å². The number of carboxylic acid groups (broad SMARTS) is 1. The molecule has 0 aromatic heterocycles. The highest BCUT2D eigenvalue weighted by Gasteiger charge is 2.14. The molecule has 0 aliphatic heterocycles. The molecule has 6 nitrogen and oxygen atoms in total. The molecule has 1 aromatic carbocycles. The number of aliphatic hydroxyl groups excluding tert-OH is 1. The predicted octanol–water partition coefficient (Wildman–Crippen LogP) is 0.868. The van der Waals surface area contributed by atoms with Crippen LogP contribution in [-0.2, 0) is 4.79 Å². The normalized spacial score (nSPS) is 11.4. The van der Waals surface area contributed by atoms with Crippen molar-refractivity contribution in [3.05, 3.63) is 29.8 Å². The number of benzene rings is 1. The Morgan fingerprint density at radius 3 is 2.75 bits per heavy atom. The van der Waals surface area contributed by atoms with Crippen molar-refractivity contribution in [2.24, 2.45) is 0 Å². The number of nitriles is 1. The van der Waals surface area contributed by atoms with Crippen LogP contribution in [0.1, 0.15) is 16.8 Å². The first-order valence-electron chi connectivity index (χ1n) is 5.84. The molecule has 0 saturated carbocycles. The number of carbonyl (C=O) groups excluding carboxylic acids is 1. The van der Waals surface area contributed by atoms with Crippen LogP contribution in [0.4, 0.5) is 0 Å². The summed E-state index contributed by atoms with van der Waals surface area (Å²) in [6.07, 6.45) is -1.55. The largest absolute Gasteiger partial charge is 0.479 e. The molecule has 0 spiro atoms. The second-order valence-electron chi connectivity index (χ2n) is 3.84. The van der Waals surface area contributed by atoms with Gasteiger partial charge in [0.05, 0.1) is 17.4 Å². The summed E-state index contributed by atoms with van der Waals surface area (Å²) < 4.78 is 0. The maximum atomic E-state index is 11.9. The zero-order chi connectivity index (χ0) is 15.0. The van der Waals surface area contributed by atoms with Gasteiger partial charge in [0.1, 0.15) is 0 Å². The first-order chi connectivity index (χ1) is 9.56. The van der Waals surface area contributed by atoms with E-state index in [1.807, 2.05) is 6.07 Å². The summed E-state index contributed by atoms with van der Waals surface area (Å²) in [5.41, 5.74) is 0.428. The molecular weight excluding hydrogens is 280 g/mol. The molecule has 1 rings (SSSR count). The lowest BCUT2D eigenvalue weighted by atomic mass is 10.2. The van der Waals surface area contributed by atoms with Gasteiger partial charge in [-0.1, -0.05) is 12.1 Å². The molecule has 106 valence electrons. The lowest BCUT2D eigenvalue weighted by Crippen LogP contribution is -2.30. The molecule has 0 unspecified atom stereocenters. The molecule has 1 atom stereocenters. The molecular formula is C13H14N2O4S. The van der Waals surface area contributed by atoms with Gasteiger partial charge in [-0.25, -0.2) is 4.79 Å². The SMILES string of the molecule is N#CCSc1ccccc1C(=O)NCC[C@H](O)C(=O)O. The van der Waals surface area contributed by atoms with Crippen molar-refractivity contribution < 1.29 is 19.8 Å². The monoisotopic (exact) mass is 294 g/mol. The fourth-order valence-corrected chi connectivity index (χ4v) is 2.14. The smallest absolute Gasteiger partial charge is 0.332 e. The fourth-order valence-electron chi connectivity index (χ4n) is 1.43. The van der Waals surface area contributed by atoms with E-state index < -0.39 is 12.1 Å². The fraction of sp³-hybridized carbons (Fsp3) is 0.308. The third-order valence-electron chi connectivity index (χ3n) is 2.41. The Morgan fingerprint density at radius 2 is 2.10 bits per heavy atom. The number of thioether (sulfide) groups is 1. The first kappa shape index (κ1) is 16.0. The number of rotatable bonds is 7. The van der Waals surface area contributed by atoms with E-state index >= 15 is 0 Å². The van der Waals surface area contributed by atoms with Gasteiger partial charge in [0.15, 0.2) is 6.10 Å². The number of amides is 1. The number of aliphatic hydroxyl groups is 1. The van der Waals surface area contributed by atoms with Crippen LogP contribution in [0, 0.1) is 11.3 Å². The summed E-state index contributed by atoms with van der Waals surface area (Å²) in [4.78, 5) is 23.0. The lowest BCUT2D eigenvalue weighted by Gasteiger charge is -2.10. The van der Waals surface area contributed by atoms with E-state index in [1.165, 1.54) is 11.8 Å². The quantitative estimate of drug-likeness (QED) is 0.643. The molecule has 0 aliphatic rings. The van der Waals surface area contributed by atoms with E-state index in [2.05, 4.69) is 5.32 Å². The van der Waals surface area contributed by atoms with Crippen molar-refractivity contribution in [2.75, 3.05) is 12.3 Å². The predicted molar refractivity (Wildman–Crippen MR) is 73.4 cm³/mol. The molecule has 0 radical (unpaired) electrons. The summed E-state index contributed by atoms with van der Waals surface area (Å²) in [6, 6.07) is 8.83. The Bertz CT molecular complexity index is 527. The highest BCUT2D eigenvalue weighted by Crippen LogP contribution is 2.22. The standard InChI is InChI=1S/C13H14N2O4S/c14-6-8-20-11-4-2-1-3-9(11)12(17)15-7-5-10(16)13(18)19/h1-4,10,16H,5,7-8H2,(H,15,17)(H,18,19)/t10-/m0/s1. The Kier molecular flexibility index (Phi) is 6.56. The minimum absolute atomic E-state index is 0.0591. The van der Waals surface area contributed by atoms with Crippen LogP contribution in [0.3, 0.4) is 0 Å². The van der Waals surface area contributed by atoms with Crippen molar-refractivity contribution in [3.8, 4) is 6.07 Å². The zero-order valence-corrected chi connectivity index (χ0v) is 11.4. The van der Waals surface area contributed by atoms with E-state index in [-0.39, 0.29) is 24.6 Å². The summed E-state index contributed by atoms with van der Waals surface area (Å²) in [6.45, 7) is 0.0591. The van der Waals surface area contributed by atoms with Crippen LogP contribution >= 0.6 is 11.8 Å². The van der Waals surface area contributed by atoms with Crippen LogP contribution in [0.5, 0.6) is 0 Å². The highest BCUT2D eigenvalue weighted by molar-refractivity contribution is 7.99. The minimum Gasteiger partial charge on any atom is -0.479 e. The summed E-state index contributed by atoms with van der Waals surface area (Å²) >= 11 is 1.25. The average molecular weight is 294 g/mol. The van der Waals surface area contributed by atoms with Gasteiger partial charge in [0.2, 0.25) is 0 Å². The Balaban J connectivity index is 2.59. The van der Waals surface area contributed by atoms with Crippen molar-refractivity contribution >= 4 is 23.6 Å². The van der Waals surface area contributed by atoms with Gasteiger partial charge in [-0.2, -0.15) is 5.26 Å². The van der Waals surface area contributed by atoms with Crippen molar-refractivity contribution in [2.45, 2.75) is 17.4 Å². The number of nitrogens with zero attached hydrogens (tertiary/aromatic N) is 1. The number of carboxylic acids is 1. The lowest BCUT2D eigenvalue weighted by molar-refractivity contribution is -0.146. The maximum absolute atomic E-state index is 11.9. The van der Waals surface area contributed by atoms with Gasteiger partial charge in [-0.3, -0.25) is 4.79 Å². The molecule has 0 heterocycles. The molecule has 20 heavy (non-hydrogen) atoms. The molecule has 0 bridgehead atoms. The first-order valence-corrected chi connectivity index (χ1v) is 6.82. The van der Waals surface area contributed by atoms with Crippen molar-refractivity contribution in [3.63, 3.8) is 0 Å². The molecule has 0 saturated heterocycles. The van der Waals surface area contributed by atoms with Gasteiger partial charge in [-0.15, -0.1) is 11.8 Å². The van der Waals surface area contributed by atoms with Gasteiger partial charge in [-0.05, 0) is 12.1 Å². The van der Waals surface area contributed by atoms with Crippen molar-refractivity contribution in [1.29, 1.82) is 5.26 Å². The molecule has 7 heteroatoms. The van der Waals surface area contributed by atoms with Crippen LogP contribution in [0.25, 0.3) is 0 Å². The molecule has 1 aromatic rings. The van der Waals surface area contributed by atoms with Gasteiger partial charge in [0, 0.05) is 17.9 Å². The Hall–Kier alpha value is -2.04. The Labute approximate surface area is 120 Å². The average Bonchev–Trinajstić information content (AvgIpc) is 2.45. The second kappa shape index (κ2) is 8.19. The number of hydrogen-bond acceptors (Lipinski definition) is 5. The second-order valence-corrected chi connectivity index (χ2v) is 4.86. The van der Waals surface area contributed by atoms with E-state index in [4.69, 9.17) is 15.5 Å². The number of nitrogens with one attached hydrogen (secondary N) is 1.